The van der Waals surface area contributed by atoms with Crippen LogP contribution in [-0.2, 0) is 0 Å². The van der Waals surface area contributed by atoms with Crippen LogP contribution >= 0.6 is 0 Å². The Hall–Kier alpha value is -1.29. The van der Waals surface area contributed by atoms with E-state index in [4.69, 9.17) is 5.73 Å². The zero-order valence-corrected chi connectivity index (χ0v) is 8.69. The van der Waals surface area contributed by atoms with Crippen molar-refractivity contribution in [1.82, 2.24) is 4.98 Å². The molecule has 2 unspecified atom stereocenters. The number of pyridine rings is 1. The number of aromatic nitrogens is 1. The van der Waals surface area contributed by atoms with Crippen molar-refractivity contribution < 1.29 is 5.11 Å². The lowest BCUT2D eigenvalue weighted by atomic mass is 9.92. The molecular weight excluding hydrogens is 190 g/mol. The molecule has 0 radical (unpaired) electrons. The summed E-state index contributed by atoms with van der Waals surface area (Å²) in [5.74, 6) is 0.496. The van der Waals surface area contributed by atoms with Gasteiger partial charge in [0.05, 0.1) is 17.8 Å². The Morgan fingerprint density at radius 3 is 2.93 bits per heavy atom. The van der Waals surface area contributed by atoms with Crippen LogP contribution in [0.3, 0.4) is 0 Å². The predicted octanol–water partition coefficient (Wildman–Crippen LogP) is 1.38. The average Bonchev–Trinajstić information content (AvgIpc) is 2.24. The molecule has 0 aliphatic heterocycles. The van der Waals surface area contributed by atoms with Crippen LogP contribution in [0.25, 0.3) is 0 Å². The third-order valence-electron chi connectivity index (χ3n) is 2.91. The van der Waals surface area contributed by atoms with Crippen molar-refractivity contribution in [2.24, 2.45) is 0 Å². The van der Waals surface area contributed by atoms with Gasteiger partial charge in [0.25, 0.3) is 0 Å². The summed E-state index contributed by atoms with van der Waals surface area (Å²) in [5, 5.41) is 13.1. The first kappa shape index (κ1) is 10.2. The quantitative estimate of drug-likeness (QED) is 0.685. The topological polar surface area (TPSA) is 71.2 Å². The van der Waals surface area contributed by atoms with Crippen LogP contribution in [0.1, 0.15) is 25.7 Å². The van der Waals surface area contributed by atoms with Crippen molar-refractivity contribution >= 4 is 11.5 Å². The number of aliphatic hydroxyl groups is 1. The highest BCUT2D eigenvalue weighted by molar-refractivity contribution is 5.61. The molecule has 0 saturated heterocycles. The molecule has 0 spiro atoms. The van der Waals surface area contributed by atoms with Crippen molar-refractivity contribution in [3.05, 3.63) is 18.3 Å². The van der Waals surface area contributed by atoms with E-state index in [1.54, 1.807) is 6.20 Å². The summed E-state index contributed by atoms with van der Waals surface area (Å²) in [6.45, 7) is 0. The highest BCUT2D eigenvalue weighted by Gasteiger charge is 2.23. The molecule has 1 saturated carbocycles. The second kappa shape index (κ2) is 4.49. The van der Waals surface area contributed by atoms with E-state index in [-0.39, 0.29) is 12.1 Å². The first-order valence-corrected chi connectivity index (χ1v) is 5.42. The molecule has 2 rings (SSSR count). The zero-order valence-electron chi connectivity index (χ0n) is 8.69. The van der Waals surface area contributed by atoms with Gasteiger partial charge in [0.1, 0.15) is 5.82 Å². The average molecular weight is 207 g/mol. The fourth-order valence-electron chi connectivity index (χ4n) is 2.02. The minimum Gasteiger partial charge on any atom is -0.391 e. The number of rotatable bonds is 2. The van der Waals surface area contributed by atoms with Gasteiger partial charge in [-0.2, -0.15) is 0 Å². The summed E-state index contributed by atoms with van der Waals surface area (Å²) in [5.41, 5.74) is 6.55. The van der Waals surface area contributed by atoms with E-state index in [0.717, 1.165) is 31.4 Å². The van der Waals surface area contributed by atoms with Crippen molar-refractivity contribution in [3.8, 4) is 0 Å². The number of anilines is 2. The van der Waals surface area contributed by atoms with Crippen LogP contribution in [-0.4, -0.2) is 22.2 Å². The summed E-state index contributed by atoms with van der Waals surface area (Å²) in [4.78, 5) is 4.00. The number of hydrogen-bond acceptors (Lipinski definition) is 4. The molecule has 1 heterocycles. The van der Waals surface area contributed by atoms with Crippen LogP contribution in [0.2, 0.25) is 0 Å². The highest BCUT2D eigenvalue weighted by atomic mass is 16.3. The molecule has 0 aromatic carbocycles. The van der Waals surface area contributed by atoms with Gasteiger partial charge in [-0.1, -0.05) is 12.8 Å². The Morgan fingerprint density at radius 2 is 2.20 bits per heavy atom. The van der Waals surface area contributed by atoms with E-state index in [0.29, 0.717) is 5.82 Å². The molecule has 1 fully saturated rings. The van der Waals surface area contributed by atoms with Crippen molar-refractivity contribution in [1.29, 1.82) is 0 Å². The Bertz CT molecular complexity index is 329. The molecule has 0 amide bonds. The van der Waals surface area contributed by atoms with Gasteiger partial charge < -0.3 is 16.2 Å². The number of nitrogen functional groups attached to an aromatic ring is 1. The van der Waals surface area contributed by atoms with Gasteiger partial charge in [0.15, 0.2) is 0 Å². The van der Waals surface area contributed by atoms with E-state index < -0.39 is 0 Å². The lowest BCUT2D eigenvalue weighted by Crippen LogP contribution is -2.36. The maximum absolute atomic E-state index is 9.80. The fourth-order valence-corrected chi connectivity index (χ4v) is 2.02. The predicted molar refractivity (Wildman–Crippen MR) is 60.5 cm³/mol. The molecule has 1 aliphatic carbocycles. The maximum Gasteiger partial charge on any atom is 0.146 e. The number of nitrogens with two attached hydrogens (primary N) is 1. The molecule has 1 aromatic rings. The monoisotopic (exact) mass is 207 g/mol. The highest BCUT2D eigenvalue weighted by Crippen LogP contribution is 2.24. The van der Waals surface area contributed by atoms with Crippen molar-refractivity contribution in [2.45, 2.75) is 37.8 Å². The van der Waals surface area contributed by atoms with Crippen molar-refractivity contribution in [2.75, 3.05) is 11.1 Å². The summed E-state index contributed by atoms with van der Waals surface area (Å²) >= 11 is 0. The minimum absolute atomic E-state index is 0.116. The molecule has 1 aromatic heterocycles. The molecule has 4 N–H and O–H groups in total. The Kier molecular flexibility index (Phi) is 3.06. The summed E-state index contributed by atoms with van der Waals surface area (Å²) in [6.07, 6.45) is 5.54. The van der Waals surface area contributed by atoms with Gasteiger partial charge in [-0.15, -0.1) is 0 Å². The second-order valence-electron chi connectivity index (χ2n) is 4.04. The minimum atomic E-state index is -0.265. The largest absolute Gasteiger partial charge is 0.391 e. The Balaban J connectivity index is 2.04. The summed E-state index contributed by atoms with van der Waals surface area (Å²) in [7, 11) is 0. The van der Waals surface area contributed by atoms with E-state index in [9.17, 15) is 5.11 Å². The molecule has 82 valence electrons. The van der Waals surface area contributed by atoms with Crippen LogP contribution < -0.4 is 11.1 Å². The molecule has 2 atom stereocenters. The molecule has 1 aliphatic rings. The Morgan fingerprint density at radius 1 is 1.40 bits per heavy atom. The van der Waals surface area contributed by atoms with Crippen LogP contribution in [0.15, 0.2) is 18.3 Å². The molecule has 0 bridgehead atoms. The number of nitrogens with one attached hydrogen (secondary N) is 1. The fraction of sp³-hybridized carbons (Fsp3) is 0.545. The van der Waals surface area contributed by atoms with Crippen LogP contribution in [0.5, 0.6) is 0 Å². The van der Waals surface area contributed by atoms with E-state index in [1.807, 2.05) is 12.1 Å². The zero-order chi connectivity index (χ0) is 10.7. The van der Waals surface area contributed by atoms with E-state index in [1.165, 1.54) is 0 Å². The summed E-state index contributed by atoms with van der Waals surface area (Å²) in [6, 6.07) is 3.85. The molecule has 4 nitrogen and oxygen atoms in total. The van der Waals surface area contributed by atoms with Crippen LogP contribution in [0.4, 0.5) is 11.5 Å². The lowest BCUT2D eigenvalue weighted by Gasteiger charge is -2.29. The standard InChI is InChI=1S/C11H17N3O/c12-11-9(5-3-7-13-11)14-8-4-1-2-6-10(8)15/h3,5,7-8,10,14-15H,1-2,4,6H2,(H2,12,13). The van der Waals surface area contributed by atoms with Gasteiger partial charge in [-0.25, -0.2) is 4.98 Å². The van der Waals surface area contributed by atoms with Gasteiger partial charge in [0, 0.05) is 6.20 Å². The van der Waals surface area contributed by atoms with Crippen LogP contribution in [0, 0.1) is 0 Å². The Labute approximate surface area is 89.5 Å². The van der Waals surface area contributed by atoms with E-state index >= 15 is 0 Å². The molecule has 4 heteroatoms. The first-order valence-electron chi connectivity index (χ1n) is 5.42. The molecule has 15 heavy (non-hydrogen) atoms. The second-order valence-corrected chi connectivity index (χ2v) is 4.04. The summed E-state index contributed by atoms with van der Waals surface area (Å²) < 4.78 is 0. The number of aliphatic hydroxyl groups excluding tert-OH is 1. The third kappa shape index (κ3) is 2.39. The smallest absolute Gasteiger partial charge is 0.146 e. The number of hydrogen-bond donors (Lipinski definition) is 3. The third-order valence-corrected chi connectivity index (χ3v) is 2.91. The normalized spacial score (nSPS) is 26.2. The van der Waals surface area contributed by atoms with Crippen molar-refractivity contribution in [3.63, 3.8) is 0 Å². The maximum atomic E-state index is 9.80. The van der Waals surface area contributed by atoms with Gasteiger partial charge in [0.2, 0.25) is 0 Å². The van der Waals surface area contributed by atoms with Gasteiger partial charge in [-0.05, 0) is 25.0 Å². The number of nitrogens with zero attached hydrogens (tertiary/aromatic N) is 1. The van der Waals surface area contributed by atoms with Gasteiger partial charge >= 0.3 is 0 Å². The first-order chi connectivity index (χ1) is 7.27. The van der Waals surface area contributed by atoms with E-state index in [2.05, 4.69) is 10.3 Å². The van der Waals surface area contributed by atoms with Gasteiger partial charge in [-0.3, -0.25) is 0 Å². The molecular formula is C11H17N3O. The lowest BCUT2D eigenvalue weighted by molar-refractivity contribution is 0.116. The SMILES string of the molecule is Nc1ncccc1NC1CCCCC1O.